The fourth-order valence-electron chi connectivity index (χ4n) is 1.80. The van der Waals surface area contributed by atoms with Crippen LogP contribution in [0.4, 0.5) is 0 Å². The van der Waals surface area contributed by atoms with Crippen LogP contribution in [0.25, 0.3) is 5.57 Å². The first-order valence-electron chi connectivity index (χ1n) is 7.09. The normalized spacial score (nSPS) is 9.42. The van der Waals surface area contributed by atoms with Crippen LogP contribution >= 0.6 is 0 Å². The van der Waals surface area contributed by atoms with Gasteiger partial charge in [0.15, 0.2) is 0 Å². The Hall–Kier alpha value is -1.22. The Labute approximate surface area is 126 Å². The molecule has 0 spiro atoms. The Bertz CT molecular complexity index is 416. The van der Waals surface area contributed by atoms with Crippen molar-refractivity contribution in [3.8, 4) is 0 Å². The van der Waals surface area contributed by atoms with Crippen molar-refractivity contribution in [2.75, 3.05) is 0 Å². The average molecular weight is 244 g/mol. The number of unbranched alkanes of at least 4 members (excludes halogenated alkanes) is 1. The van der Waals surface area contributed by atoms with Crippen LogP contribution < -0.4 is 0 Å². The van der Waals surface area contributed by atoms with E-state index < -0.39 is 0 Å². The van der Waals surface area contributed by atoms with Crippen molar-refractivity contribution in [2.24, 2.45) is 0 Å². The van der Waals surface area contributed by atoms with E-state index in [0.717, 1.165) is 5.57 Å². The summed E-state index contributed by atoms with van der Waals surface area (Å²) < 4.78 is 0. The van der Waals surface area contributed by atoms with Gasteiger partial charge in [0.1, 0.15) is 0 Å². The van der Waals surface area contributed by atoms with Gasteiger partial charge in [-0.05, 0) is 16.7 Å². The topological polar surface area (TPSA) is 0 Å². The summed E-state index contributed by atoms with van der Waals surface area (Å²) >= 11 is 2.21. The summed E-state index contributed by atoms with van der Waals surface area (Å²) in [7, 11) is 0. The Morgan fingerprint density at radius 3 is 1.58 bits per heavy atom. The van der Waals surface area contributed by atoms with Crippen LogP contribution in [0.15, 0.2) is 67.2 Å². The first-order valence-corrected chi connectivity index (χ1v) is 7.09. The molecule has 0 aliphatic carbocycles. The van der Waals surface area contributed by atoms with E-state index in [1.54, 1.807) is 0 Å². The van der Waals surface area contributed by atoms with E-state index in [2.05, 4.69) is 55.5 Å². The number of rotatable bonds is 4. The second-order valence-electron chi connectivity index (χ2n) is 4.56. The van der Waals surface area contributed by atoms with Gasteiger partial charge in [-0.25, -0.2) is 0 Å². The van der Waals surface area contributed by atoms with E-state index in [1.165, 1.54) is 29.1 Å². The first kappa shape index (κ1) is 15.8. The van der Waals surface area contributed by atoms with Crippen LogP contribution in [0, 0.1) is 0 Å². The molecule has 0 aromatic heterocycles. The van der Waals surface area contributed by atoms with Crippen molar-refractivity contribution in [2.45, 2.75) is 24.9 Å². The summed E-state index contributed by atoms with van der Waals surface area (Å²) in [5.41, 5.74) is 3.43. The SMILES string of the molecule is C=C(c1ccccc1)c1ccccc1.[Li][CH2]CCC. The maximum atomic E-state index is 4.10. The zero-order valence-electron chi connectivity index (χ0n) is 12.1. The maximum absolute atomic E-state index is 4.10. The third-order valence-corrected chi connectivity index (χ3v) is 2.95. The first-order chi connectivity index (χ1) is 9.29. The van der Waals surface area contributed by atoms with Gasteiger partial charge in [0.05, 0.1) is 0 Å². The summed E-state index contributed by atoms with van der Waals surface area (Å²) in [5, 5.41) is 1.34. The van der Waals surface area contributed by atoms with Gasteiger partial charge in [-0.3, -0.25) is 0 Å². The predicted octanol–water partition coefficient (Wildman–Crippen LogP) is 5.12. The van der Waals surface area contributed by atoms with Crippen molar-refractivity contribution in [3.63, 3.8) is 0 Å². The van der Waals surface area contributed by atoms with E-state index in [1.807, 2.05) is 36.4 Å². The number of benzene rings is 2. The molecule has 1 heteroatoms. The van der Waals surface area contributed by atoms with Gasteiger partial charge in [-0.15, -0.1) is 0 Å². The zero-order valence-corrected chi connectivity index (χ0v) is 12.1. The van der Waals surface area contributed by atoms with Crippen LogP contribution in [0.2, 0.25) is 5.09 Å². The summed E-state index contributed by atoms with van der Waals surface area (Å²) in [6, 6.07) is 20.5. The molecule has 94 valence electrons. The van der Waals surface area contributed by atoms with Crippen molar-refractivity contribution < 1.29 is 0 Å². The van der Waals surface area contributed by atoms with E-state index in [-0.39, 0.29) is 0 Å². The van der Waals surface area contributed by atoms with E-state index >= 15 is 0 Å². The molecule has 2 rings (SSSR count). The van der Waals surface area contributed by atoms with Gasteiger partial charge >= 0.3 is 42.6 Å². The number of hydrogen-bond donors (Lipinski definition) is 0. The molecule has 0 aliphatic heterocycles. The summed E-state index contributed by atoms with van der Waals surface area (Å²) in [5.74, 6) is 0. The Morgan fingerprint density at radius 1 is 0.895 bits per heavy atom. The van der Waals surface area contributed by atoms with Crippen LogP contribution in [0.5, 0.6) is 0 Å². The number of hydrogen-bond acceptors (Lipinski definition) is 0. The van der Waals surface area contributed by atoms with E-state index in [9.17, 15) is 0 Å². The molecule has 0 amide bonds. The van der Waals surface area contributed by atoms with Crippen LogP contribution in [-0.2, 0) is 0 Å². The quantitative estimate of drug-likeness (QED) is 0.655. The molecule has 2 aromatic carbocycles. The van der Waals surface area contributed by atoms with E-state index in [4.69, 9.17) is 0 Å². The molecular weight excluding hydrogens is 223 g/mol. The van der Waals surface area contributed by atoms with Crippen molar-refractivity contribution >= 4 is 23.3 Å². The average Bonchev–Trinajstić information content (AvgIpc) is 2.50. The van der Waals surface area contributed by atoms with Gasteiger partial charge in [0, 0.05) is 0 Å². The molecule has 0 aliphatic rings. The van der Waals surface area contributed by atoms with Crippen LogP contribution in [0.1, 0.15) is 30.9 Å². The third-order valence-electron chi connectivity index (χ3n) is 2.95. The summed E-state index contributed by atoms with van der Waals surface area (Å²) in [4.78, 5) is 0. The Kier molecular flexibility index (Phi) is 8.06. The summed E-state index contributed by atoms with van der Waals surface area (Å²) in [6.07, 6.45) is 2.73. The molecule has 19 heavy (non-hydrogen) atoms. The van der Waals surface area contributed by atoms with Gasteiger partial charge < -0.3 is 0 Å². The van der Waals surface area contributed by atoms with Gasteiger partial charge in [-0.2, -0.15) is 0 Å². The molecule has 0 bridgehead atoms. The minimum absolute atomic E-state index is 1.08. The predicted molar refractivity (Wildman–Crippen MR) is 86.5 cm³/mol. The van der Waals surface area contributed by atoms with Crippen LogP contribution in [-0.4, -0.2) is 17.7 Å². The minimum atomic E-state index is 1.08. The fourth-order valence-corrected chi connectivity index (χ4v) is 1.80. The molecule has 0 saturated carbocycles. The molecule has 0 N–H and O–H groups in total. The van der Waals surface area contributed by atoms with Crippen LogP contribution in [0.3, 0.4) is 0 Å². The molecule has 0 atom stereocenters. The molecule has 0 heterocycles. The zero-order chi connectivity index (χ0) is 13.9. The molecule has 0 fully saturated rings. The van der Waals surface area contributed by atoms with Gasteiger partial charge in [-0.1, -0.05) is 67.2 Å². The third kappa shape index (κ3) is 5.97. The summed E-state index contributed by atoms with van der Waals surface area (Å²) in [6.45, 7) is 6.31. The van der Waals surface area contributed by atoms with E-state index in [0.29, 0.717) is 0 Å². The van der Waals surface area contributed by atoms with Crippen molar-refractivity contribution in [1.82, 2.24) is 0 Å². The van der Waals surface area contributed by atoms with Gasteiger partial charge in [0.2, 0.25) is 0 Å². The molecule has 0 nitrogen and oxygen atoms in total. The second kappa shape index (κ2) is 9.67. The molecular formula is C18H21Li. The second-order valence-corrected chi connectivity index (χ2v) is 4.56. The monoisotopic (exact) mass is 244 g/mol. The van der Waals surface area contributed by atoms with Gasteiger partial charge in [0.25, 0.3) is 0 Å². The van der Waals surface area contributed by atoms with Crippen molar-refractivity contribution in [3.05, 3.63) is 78.4 Å². The fraction of sp³-hybridized carbons (Fsp3) is 0.222. The molecule has 0 unspecified atom stereocenters. The standard InChI is InChI=1S/C14H12.C4H9.Li/c1-12(13-8-4-2-5-9-13)14-10-6-3-7-11-14;1-3-4-2;/h2-11H,1H2;1,3-4H2,2H3;. The Balaban J connectivity index is 0.000000312. The molecule has 0 saturated heterocycles. The molecule has 0 radical (unpaired) electrons. The van der Waals surface area contributed by atoms with Crippen molar-refractivity contribution in [1.29, 1.82) is 0 Å². The Morgan fingerprint density at radius 2 is 1.32 bits per heavy atom. The molecule has 2 aromatic rings.